The first-order chi connectivity index (χ1) is 9.72. The number of amides is 2. The molecule has 1 aromatic carbocycles. The van der Waals surface area contributed by atoms with E-state index in [-0.39, 0.29) is 12.1 Å². The van der Waals surface area contributed by atoms with Crippen molar-refractivity contribution < 1.29 is 4.79 Å². The van der Waals surface area contributed by atoms with Crippen LogP contribution in [0.1, 0.15) is 12.1 Å². The maximum absolute atomic E-state index is 12.0. The Morgan fingerprint density at radius 2 is 2.20 bits per heavy atom. The lowest BCUT2D eigenvalue weighted by Gasteiger charge is -2.24. The summed E-state index contributed by atoms with van der Waals surface area (Å²) >= 11 is 6.01. The number of aryl methyl sites for hydroxylation is 1. The van der Waals surface area contributed by atoms with Crippen molar-refractivity contribution >= 4 is 23.3 Å². The van der Waals surface area contributed by atoms with Gasteiger partial charge in [0.05, 0.1) is 10.7 Å². The third-order valence-electron chi connectivity index (χ3n) is 3.41. The largest absolute Gasteiger partial charge is 0.335 e. The standard InChI is InChI=1S/C14H15ClN4O/c15-12-3-1-2-4-13(12)18-14(20)17-10-6-8-19-11(9-10)5-7-16-19/h1-5,7,10H,6,8-9H2,(H2,17,18,20). The molecular formula is C14H15ClN4O. The number of hydrogen-bond donors (Lipinski definition) is 2. The number of nitrogens with one attached hydrogen (secondary N) is 2. The minimum Gasteiger partial charge on any atom is -0.335 e. The molecular weight excluding hydrogens is 276 g/mol. The smallest absolute Gasteiger partial charge is 0.319 e. The molecule has 2 N–H and O–H groups in total. The molecule has 0 saturated heterocycles. The lowest BCUT2D eigenvalue weighted by atomic mass is 10.0. The van der Waals surface area contributed by atoms with Gasteiger partial charge in [-0.3, -0.25) is 4.68 Å². The Morgan fingerprint density at radius 1 is 1.35 bits per heavy atom. The Hall–Kier alpha value is -2.01. The molecule has 0 bridgehead atoms. The number of carbonyl (C=O) groups excluding carboxylic acids is 1. The zero-order chi connectivity index (χ0) is 13.9. The van der Waals surface area contributed by atoms with Gasteiger partial charge in [0.2, 0.25) is 0 Å². The van der Waals surface area contributed by atoms with Crippen molar-refractivity contribution in [2.24, 2.45) is 0 Å². The van der Waals surface area contributed by atoms with Crippen LogP contribution in [0.15, 0.2) is 36.5 Å². The van der Waals surface area contributed by atoms with Crippen LogP contribution in [-0.4, -0.2) is 21.9 Å². The first-order valence-corrected chi connectivity index (χ1v) is 6.93. The second-order valence-corrected chi connectivity index (χ2v) is 5.22. The van der Waals surface area contributed by atoms with E-state index in [2.05, 4.69) is 15.7 Å². The lowest BCUT2D eigenvalue weighted by molar-refractivity contribution is 0.245. The van der Waals surface area contributed by atoms with Crippen molar-refractivity contribution in [3.63, 3.8) is 0 Å². The molecule has 0 aliphatic carbocycles. The van der Waals surface area contributed by atoms with E-state index >= 15 is 0 Å². The molecule has 0 fully saturated rings. The molecule has 1 aromatic heterocycles. The number of benzene rings is 1. The molecule has 0 spiro atoms. The number of urea groups is 1. The Kier molecular flexibility index (Phi) is 3.60. The maximum atomic E-state index is 12.0. The summed E-state index contributed by atoms with van der Waals surface area (Å²) in [4.78, 5) is 12.0. The zero-order valence-electron chi connectivity index (χ0n) is 10.8. The van der Waals surface area contributed by atoms with Gasteiger partial charge in [0.1, 0.15) is 0 Å². The molecule has 1 aliphatic heterocycles. The SMILES string of the molecule is O=C(Nc1ccccc1Cl)NC1CCn2nccc2C1. The number of para-hydroxylation sites is 1. The number of aromatic nitrogens is 2. The van der Waals surface area contributed by atoms with E-state index in [4.69, 9.17) is 11.6 Å². The fourth-order valence-electron chi connectivity index (χ4n) is 2.40. The molecule has 0 radical (unpaired) electrons. The summed E-state index contributed by atoms with van der Waals surface area (Å²) in [6.45, 7) is 0.833. The average Bonchev–Trinajstić information content (AvgIpc) is 2.89. The van der Waals surface area contributed by atoms with Gasteiger partial charge in [0.25, 0.3) is 0 Å². The van der Waals surface area contributed by atoms with Crippen molar-refractivity contribution in [3.8, 4) is 0 Å². The molecule has 2 heterocycles. The van der Waals surface area contributed by atoms with Gasteiger partial charge in [0.15, 0.2) is 0 Å². The van der Waals surface area contributed by atoms with Gasteiger partial charge in [-0.05, 0) is 24.6 Å². The first-order valence-electron chi connectivity index (χ1n) is 6.55. The number of anilines is 1. The van der Waals surface area contributed by atoms with Gasteiger partial charge in [-0.1, -0.05) is 23.7 Å². The molecule has 20 heavy (non-hydrogen) atoms. The van der Waals surface area contributed by atoms with Crippen molar-refractivity contribution in [1.29, 1.82) is 0 Å². The summed E-state index contributed by atoms with van der Waals surface area (Å²) in [6, 6.07) is 9.07. The maximum Gasteiger partial charge on any atom is 0.319 e. The molecule has 104 valence electrons. The highest BCUT2D eigenvalue weighted by molar-refractivity contribution is 6.33. The normalized spacial score (nSPS) is 17.4. The number of hydrogen-bond acceptors (Lipinski definition) is 2. The monoisotopic (exact) mass is 290 g/mol. The van der Waals surface area contributed by atoms with Gasteiger partial charge in [-0.2, -0.15) is 5.10 Å². The number of carbonyl (C=O) groups is 1. The Labute approximate surface area is 121 Å². The molecule has 1 aliphatic rings. The quantitative estimate of drug-likeness (QED) is 0.893. The van der Waals surface area contributed by atoms with Crippen LogP contribution in [0.5, 0.6) is 0 Å². The molecule has 0 saturated carbocycles. The van der Waals surface area contributed by atoms with Crippen LogP contribution in [0.2, 0.25) is 5.02 Å². The first kappa shape index (κ1) is 13.0. The van der Waals surface area contributed by atoms with Gasteiger partial charge in [-0.25, -0.2) is 4.79 Å². The second-order valence-electron chi connectivity index (χ2n) is 4.81. The Bertz CT molecular complexity index is 625. The summed E-state index contributed by atoms with van der Waals surface area (Å²) in [7, 11) is 0. The number of fused-ring (bicyclic) bond motifs is 1. The summed E-state index contributed by atoms with van der Waals surface area (Å²) in [5.74, 6) is 0. The molecule has 5 nitrogen and oxygen atoms in total. The van der Waals surface area contributed by atoms with Crippen molar-refractivity contribution in [3.05, 3.63) is 47.2 Å². The lowest BCUT2D eigenvalue weighted by Crippen LogP contribution is -2.42. The number of rotatable bonds is 2. The van der Waals surface area contributed by atoms with E-state index in [9.17, 15) is 4.79 Å². The van der Waals surface area contributed by atoms with Crippen molar-refractivity contribution in [1.82, 2.24) is 15.1 Å². The van der Waals surface area contributed by atoms with Crippen molar-refractivity contribution in [2.45, 2.75) is 25.4 Å². The van der Waals surface area contributed by atoms with Crippen LogP contribution in [-0.2, 0) is 13.0 Å². The van der Waals surface area contributed by atoms with Crippen LogP contribution in [0, 0.1) is 0 Å². The average molecular weight is 291 g/mol. The van der Waals surface area contributed by atoms with E-state index in [0.29, 0.717) is 10.7 Å². The van der Waals surface area contributed by atoms with Crippen LogP contribution >= 0.6 is 11.6 Å². The Balaban J connectivity index is 1.59. The van der Waals surface area contributed by atoms with E-state index in [0.717, 1.165) is 25.1 Å². The molecule has 3 rings (SSSR count). The van der Waals surface area contributed by atoms with Gasteiger partial charge in [0, 0.05) is 30.9 Å². The highest BCUT2D eigenvalue weighted by atomic mass is 35.5. The highest BCUT2D eigenvalue weighted by Crippen LogP contribution is 2.20. The zero-order valence-corrected chi connectivity index (χ0v) is 11.6. The predicted molar refractivity (Wildman–Crippen MR) is 77.9 cm³/mol. The summed E-state index contributed by atoms with van der Waals surface area (Å²) in [5.41, 5.74) is 1.77. The van der Waals surface area contributed by atoms with Gasteiger partial charge in [-0.15, -0.1) is 0 Å². The van der Waals surface area contributed by atoms with Crippen LogP contribution in [0.25, 0.3) is 0 Å². The van der Waals surface area contributed by atoms with E-state index in [1.165, 1.54) is 0 Å². The second kappa shape index (κ2) is 5.54. The highest BCUT2D eigenvalue weighted by Gasteiger charge is 2.20. The fourth-order valence-corrected chi connectivity index (χ4v) is 2.58. The van der Waals surface area contributed by atoms with Crippen LogP contribution < -0.4 is 10.6 Å². The van der Waals surface area contributed by atoms with Crippen LogP contribution in [0.4, 0.5) is 10.5 Å². The molecule has 1 unspecified atom stereocenters. The summed E-state index contributed by atoms with van der Waals surface area (Å²) in [5, 5.41) is 10.5. The van der Waals surface area contributed by atoms with Crippen LogP contribution in [0.3, 0.4) is 0 Å². The van der Waals surface area contributed by atoms with Crippen molar-refractivity contribution in [2.75, 3.05) is 5.32 Å². The predicted octanol–water partition coefficient (Wildman–Crippen LogP) is 2.67. The summed E-state index contributed by atoms with van der Waals surface area (Å²) in [6.07, 6.45) is 3.47. The molecule has 2 aromatic rings. The molecule has 1 atom stereocenters. The summed E-state index contributed by atoms with van der Waals surface area (Å²) < 4.78 is 1.98. The minimum absolute atomic E-state index is 0.127. The third kappa shape index (κ3) is 2.77. The minimum atomic E-state index is -0.226. The van der Waals surface area contributed by atoms with E-state index in [1.807, 2.05) is 22.9 Å². The van der Waals surface area contributed by atoms with E-state index in [1.54, 1.807) is 18.3 Å². The number of nitrogens with zero attached hydrogens (tertiary/aromatic N) is 2. The van der Waals surface area contributed by atoms with Gasteiger partial charge >= 0.3 is 6.03 Å². The molecule has 2 amide bonds. The van der Waals surface area contributed by atoms with Gasteiger partial charge < -0.3 is 10.6 Å². The number of halogens is 1. The topological polar surface area (TPSA) is 59.0 Å². The fraction of sp³-hybridized carbons (Fsp3) is 0.286. The molecule has 6 heteroatoms. The van der Waals surface area contributed by atoms with E-state index < -0.39 is 0 Å². The Morgan fingerprint density at radius 3 is 3.05 bits per heavy atom. The third-order valence-corrected chi connectivity index (χ3v) is 3.74.